The van der Waals surface area contributed by atoms with Crippen LogP contribution in [0.15, 0.2) is 18.5 Å². The van der Waals surface area contributed by atoms with Crippen LogP contribution in [0.5, 0.6) is 5.75 Å². The number of aromatic nitrogens is 1. The first kappa shape index (κ1) is 14.8. The van der Waals surface area contributed by atoms with Crippen molar-refractivity contribution in [3.63, 3.8) is 0 Å². The van der Waals surface area contributed by atoms with Crippen LogP contribution in [0.3, 0.4) is 0 Å². The van der Waals surface area contributed by atoms with Crippen LogP contribution in [-0.4, -0.2) is 24.1 Å². The Hall–Kier alpha value is -1.59. The van der Waals surface area contributed by atoms with Gasteiger partial charge in [-0.1, -0.05) is 0 Å². The molecule has 3 nitrogen and oxygen atoms in total. The maximum absolute atomic E-state index is 12.6. The van der Waals surface area contributed by atoms with Crippen molar-refractivity contribution in [2.24, 2.45) is 11.8 Å². The van der Waals surface area contributed by atoms with Gasteiger partial charge in [0.15, 0.2) is 5.78 Å². The second-order valence-corrected chi connectivity index (χ2v) is 5.07. The topological polar surface area (TPSA) is 39.2 Å². The Balaban J connectivity index is 2.01. The third-order valence-corrected chi connectivity index (χ3v) is 3.79. The summed E-state index contributed by atoms with van der Waals surface area (Å²) in [7, 11) is 1.47. The van der Waals surface area contributed by atoms with E-state index in [0.29, 0.717) is 11.3 Å². The van der Waals surface area contributed by atoms with Crippen LogP contribution >= 0.6 is 0 Å². The molecular weight excluding hydrogens is 271 g/mol. The molecule has 1 heterocycles. The minimum absolute atomic E-state index is 0.0251. The van der Waals surface area contributed by atoms with Gasteiger partial charge < -0.3 is 4.74 Å². The molecule has 6 heteroatoms. The Labute approximate surface area is 115 Å². The standard InChI is InChI=1S/C14H16F3NO2/c1-20-12-6-10(7-18-8-12)13(19)9-2-4-11(5-3-9)14(15,16)17/h6-9,11H,2-5H2,1H3. The minimum Gasteiger partial charge on any atom is -0.495 e. The van der Waals surface area contributed by atoms with Gasteiger partial charge in [-0.3, -0.25) is 9.78 Å². The van der Waals surface area contributed by atoms with Gasteiger partial charge in [0, 0.05) is 17.7 Å². The Morgan fingerprint density at radius 1 is 1.25 bits per heavy atom. The molecule has 1 saturated carbocycles. The Kier molecular flexibility index (Phi) is 4.30. The van der Waals surface area contributed by atoms with Crippen molar-refractivity contribution < 1.29 is 22.7 Å². The van der Waals surface area contributed by atoms with Crippen LogP contribution in [0.2, 0.25) is 0 Å². The first-order valence-corrected chi connectivity index (χ1v) is 6.51. The van der Waals surface area contributed by atoms with Gasteiger partial charge in [-0.05, 0) is 31.7 Å². The summed E-state index contributed by atoms with van der Waals surface area (Å²) in [5, 5.41) is 0. The number of ether oxygens (including phenoxy) is 1. The zero-order valence-electron chi connectivity index (χ0n) is 11.1. The number of carbonyl (C=O) groups is 1. The number of alkyl halides is 3. The lowest BCUT2D eigenvalue weighted by atomic mass is 9.78. The summed E-state index contributed by atoms with van der Waals surface area (Å²) in [6, 6.07) is 1.57. The molecule has 0 N–H and O–H groups in total. The normalized spacial score (nSPS) is 23.4. The molecule has 20 heavy (non-hydrogen) atoms. The molecule has 0 radical (unpaired) electrons. The molecule has 0 spiro atoms. The highest BCUT2D eigenvalue weighted by Gasteiger charge is 2.42. The van der Waals surface area contributed by atoms with E-state index in [1.807, 2.05) is 0 Å². The van der Waals surface area contributed by atoms with Crippen molar-refractivity contribution in [2.75, 3.05) is 7.11 Å². The molecule has 0 atom stereocenters. The zero-order valence-corrected chi connectivity index (χ0v) is 11.1. The number of hydrogen-bond acceptors (Lipinski definition) is 3. The van der Waals surface area contributed by atoms with Crippen molar-refractivity contribution in [1.82, 2.24) is 4.98 Å². The Morgan fingerprint density at radius 2 is 1.90 bits per heavy atom. The molecule has 0 amide bonds. The summed E-state index contributed by atoms with van der Waals surface area (Å²) in [6.45, 7) is 0. The third-order valence-electron chi connectivity index (χ3n) is 3.79. The fourth-order valence-corrected chi connectivity index (χ4v) is 2.58. The Morgan fingerprint density at radius 3 is 2.45 bits per heavy atom. The highest BCUT2D eigenvalue weighted by atomic mass is 19.4. The molecule has 1 aromatic rings. The quantitative estimate of drug-likeness (QED) is 0.797. The van der Waals surface area contributed by atoms with Crippen LogP contribution < -0.4 is 4.74 Å². The van der Waals surface area contributed by atoms with E-state index in [4.69, 9.17) is 4.74 Å². The summed E-state index contributed by atoms with van der Waals surface area (Å²) in [4.78, 5) is 16.1. The van der Waals surface area contributed by atoms with E-state index >= 15 is 0 Å². The van der Waals surface area contributed by atoms with Crippen molar-refractivity contribution in [1.29, 1.82) is 0 Å². The second kappa shape index (κ2) is 5.81. The number of nitrogens with zero attached hydrogens (tertiary/aromatic N) is 1. The van der Waals surface area contributed by atoms with Gasteiger partial charge >= 0.3 is 6.18 Å². The first-order valence-electron chi connectivity index (χ1n) is 6.51. The average Bonchev–Trinajstić information content (AvgIpc) is 2.46. The summed E-state index contributed by atoms with van der Waals surface area (Å²) in [5.41, 5.74) is 0.403. The van der Waals surface area contributed by atoms with Gasteiger partial charge in [0.2, 0.25) is 0 Å². The smallest absolute Gasteiger partial charge is 0.391 e. The van der Waals surface area contributed by atoms with Crippen LogP contribution in [0.4, 0.5) is 13.2 Å². The molecule has 2 rings (SSSR count). The number of halogens is 3. The van der Waals surface area contributed by atoms with Gasteiger partial charge in [0.25, 0.3) is 0 Å². The largest absolute Gasteiger partial charge is 0.495 e. The van der Waals surface area contributed by atoms with E-state index in [2.05, 4.69) is 4.98 Å². The summed E-state index contributed by atoms with van der Waals surface area (Å²) in [5.74, 6) is -1.28. The average molecular weight is 287 g/mol. The number of methoxy groups -OCH3 is 1. The first-order chi connectivity index (χ1) is 9.41. The molecule has 1 aromatic heterocycles. The van der Waals surface area contributed by atoms with Gasteiger partial charge in [-0.2, -0.15) is 13.2 Å². The molecular formula is C14H16F3NO2. The van der Waals surface area contributed by atoms with Crippen molar-refractivity contribution in [3.8, 4) is 5.75 Å². The van der Waals surface area contributed by atoms with E-state index in [0.717, 1.165) is 0 Å². The minimum atomic E-state index is -4.15. The van der Waals surface area contributed by atoms with Crippen LogP contribution in [0, 0.1) is 11.8 Å². The molecule has 0 aromatic carbocycles. The lowest BCUT2D eigenvalue weighted by molar-refractivity contribution is -0.183. The van der Waals surface area contributed by atoms with E-state index < -0.39 is 12.1 Å². The van der Waals surface area contributed by atoms with Crippen molar-refractivity contribution in [3.05, 3.63) is 24.0 Å². The third kappa shape index (κ3) is 3.29. The van der Waals surface area contributed by atoms with Gasteiger partial charge in [0.1, 0.15) is 5.75 Å². The molecule has 0 unspecified atom stereocenters. The zero-order chi connectivity index (χ0) is 14.8. The van der Waals surface area contributed by atoms with Gasteiger partial charge in [0.05, 0.1) is 19.2 Å². The predicted octanol–water partition coefficient (Wildman–Crippen LogP) is 3.64. The number of rotatable bonds is 3. The number of hydrogen-bond donors (Lipinski definition) is 0. The monoisotopic (exact) mass is 287 g/mol. The molecule has 0 bridgehead atoms. The molecule has 1 fully saturated rings. The second-order valence-electron chi connectivity index (χ2n) is 5.07. The summed E-state index contributed by atoms with van der Waals surface area (Å²) < 4.78 is 42.7. The van der Waals surface area contributed by atoms with Gasteiger partial charge in [-0.15, -0.1) is 0 Å². The maximum atomic E-state index is 12.6. The number of Topliss-reactive ketones (excluding diaryl/α,β-unsaturated/α-hetero) is 1. The molecule has 1 aliphatic carbocycles. The molecule has 1 aliphatic rings. The molecule has 0 aliphatic heterocycles. The van der Waals surface area contributed by atoms with Crippen LogP contribution in [-0.2, 0) is 0 Å². The fraction of sp³-hybridized carbons (Fsp3) is 0.571. The lowest BCUT2D eigenvalue weighted by Gasteiger charge is -2.29. The highest BCUT2D eigenvalue weighted by Crippen LogP contribution is 2.40. The van der Waals surface area contributed by atoms with Gasteiger partial charge in [-0.25, -0.2) is 0 Å². The number of ketones is 1. The number of carbonyl (C=O) groups excluding carboxylic acids is 1. The van der Waals surface area contributed by atoms with Crippen molar-refractivity contribution >= 4 is 5.78 Å². The fourth-order valence-electron chi connectivity index (χ4n) is 2.58. The van der Waals surface area contributed by atoms with Crippen molar-refractivity contribution in [2.45, 2.75) is 31.9 Å². The summed E-state index contributed by atoms with van der Waals surface area (Å²) >= 11 is 0. The SMILES string of the molecule is COc1cncc(C(=O)C2CCC(C(F)(F)F)CC2)c1. The Bertz CT molecular complexity index is 480. The van der Waals surface area contributed by atoms with E-state index in [9.17, 15) is 18.0 Å². The van der Waals surface area contributed by atoms with E-state index in [1.165, 1.54) is 19.5 Å². The number of pyridine rings is 1. The maximum Gasteiger partial charge on any atom is 0.391 e. The van der Waals surface area contributed by atoms with E-state index in [-0.39, 0.29) is 37.4 Å². The van der Waals surface area contributed by atoms with Crippen LogP contribution in [0.25, 0.3) is 0 Å². The lowest BCUT2D eigenvalue weighted by Crippen LogP contribution is -2.30. The van der Waals surface area contributed by atoms with Crippen LogP contribution in [0.1, 0.15) is 36.0 Å². The van der Waals surface area contributed by atoms with E-state index in [1.54, 1.807) is 6.07 Å². The predicted molar refractivity (Wildman–Crippen MR) is 66.6 cm³/mol. The molecule has 0 saturated heterocycles. The summed E-state index contributed by atoms with van der Waals surface area (Å²) in [6.07, 6.45) is -0.626. The molecule has 110 valence electrons. The highest BCUT2D eigenvalue weighted by molar-refractivity contribution is 5.97.